The van der Waals surface area contributed by atoms with Gasteiger partial charge in [-0.25, -0.2) is 4.57 Å². The van der Waals surface area contributed by atoms with Gasteiger partial charge in [0.15, 0.2) is 6.10 Å². The van der Waals surface area contributed by atoms with Crippen LogP contribution in [0.4, 0.5) is 0 Å². The zero-order valence-electron chi connectivity index (χ0n) is 32.8. The first-order valence-electron chi connectivity index (χ1n) is 21.0. The number of phosphoric ester groups is 1. The molecule has 0 amide bonds. The van der Waals surface area contributed by atoms with Crippen LogP contribution in [0, 0.1) is 0 Å². The predicted molar refractivity (Wildman–Crippen MR) is 206 cm³/mol. The molecule has 0 rings (SSSR count). The fraction of sp³-hybridized carbons (Fsp3) is 0.950. The Morgan fingerprint density at radius 3 is 1.22 bits per heavy atom. The molecule has 0 spiro atoms. The lowest BCUT2D eigenvalue weighted by atomic mass is 10.0. The summed E-state index contributed by atoms with van der Waals surface area (Å²) in [5.74, 6) is -0.917. The van der Waals surface area contributed by atoms with E-state index in [0.29, 0.717) is 12.8 Å². The number of aliphatic hydroxyl groups is 2. The van der Waals surface area contributed by atoms with E-state index in [2.05, 4.69) is 18.4 Å². The van der Waals surface area contributed by atoms with Crippen molar-refractivity contribution in [3.63, 3.8) is 0 Å². The maximum Gasteiger partial charge on any atom is 0.472 e. The number of phosphoric acid groups is 1. The smallest absolute Gasteiger partial charge is 0.462 e. The van der Waals surface area contributed by atoms with Gasteiger partial charge in [-0.05, 0) is 12.8 Å². The van der Waals surface area contributed by atoms with Crippen molar-refractivity contribution >= 4 is 19.8 Å². The molecule has 0 heterocycles. The van der Waals surface area contributed by atoms with Gasteiger partial charge < -0.3 is 24.6 Å². The maximum atomic E-state index is 12.5. The third-order valence-corrected chi connectivity index (χ3v) is 10.2. The van der Waals surface area contributed by atoms with Gasteiger partial charge in [0.1, 0.15) is 12.7 Å². The zero-order valence-corrected chi connectivity index (χ0v) is 33.7. The van der Waals surface area contributed by atoms with E-state index in [1.807, 2.05) is 0 Å². The molecule has 11 heteroatoms. The first kappa shape index (κ1) is 50.0. The van der Waals surface area contributed by atoms with Gasteiger partial charge in [-0.3, -0.25) is 18.6 Å². The summed E-state index contributed by atoms with van der Waals surface area (Å²) in [6.07, 6.45) is 32.4. The van der Waals surface area contributed by atoms with Crippen LogP contribution in [0.1, 0.15) is 206 Å². The summed E-state index contributed by atoms with van der Waals surface area (Å²) in [6, 6.07) is 0. The fourth-order valence-corrected chi connectivity index (χ4v) is 6.78. The van der Waals surface area contributed by atoms with Crippen molar-refractivity contribution < 1.29 is 47.8 Å². The second-order valence-electron chi connectivity index (χ2n) is 14.4. The molecule has 0 aliphatic rings. The highest BCUT2D eigenvalue weighted by molar-refractivity contribution is 7.47. The van der Waals surface area contributed by atoms with Crippen LogP contribution in [-0.4, -0.2) is 65.7 Å². The van der Waals surface area contributed by atoms with Gasteiger partial charge in [-0.15, -0.1) is 0 Å². The van der Waals surface area contributed by atoms with Crippen LogP contribution < -0.4 is 0 Å². The van der Waals surface area contributed by atoms with Crippen molar-refractivity contribution in [2.24, 2.45) is 0 Å². The van der Waals surface area contributed by atoms with Crippen molar-refractivity contribution in [2.75, 3.05) is 26.4 Å². The fourth-order valence-electron chi connectivity index (χ4n) is 5.99. The van der Waals surface area contributed by atoms with Crippen molar-refractivity contribution in [3.05, 3.63) is 0 Å². The molecule has 0 radical (unpaired) electrons. The summed E-state index contributed by atoms with van der Waals surface area (Å²) in [5, 5.41) is 18.3. The van der Waals surface area contributed by atoms with E-state index in [1.54, 1.807) is 0 Å². The molecule has 0 bridgehead atoms. The Labute approximate surface area is 312 Å². The van der Waals surface area contributed by atoms with E-state index in [1.165, 1.54) is 135 Å². The maximum absolute atomic E-state index is 12.5. The molecule has 0 aromatic rings. The van der Waals surface area contributed by atoms with E-state index in [4.69, 9.17) is 19.1 Å². The Kier molecular flexibility index (Phi) is 36.5. The molecule has 10 nitrogen and oxygen atoms in total. The average molecular weight is 751 g/mol. The van der Waals surface area contributed by atoms with Crippen LogP contribution >= 0.6 is 7.82 Å². The molecule has 3 atom stereocenters. The number of rotatable bonds is 40. The van der Waals surface area contributed by atoms with Crippen LogP contribution in [-0.2, 0) is 32.7 Å². The highest BCUT2D eigenvalue weighted by Gasteiger charge is 2.27. The van der Waals surface area contributed by atoms with Gasteiger partial charge in [-0.1, -0.05) is 181 Å². The SMILES string of the molecule is CCCCCCCCCCCCCCCCCCCCCCC(=O)OC[C@H](COP(=O)(O)OC[C@H](O)CO)OC(=O)CCCCCCCCCC. The number of aliphatic hydroxyl groups excluding tert-OH is 2. The summed E-state index contributed by atoms with van der Waals surface area (Å²) in [5.41, 5.74) is 0. The Hall–Kier alpha value is -1.03. The van der Waals surface area contributed by atoms with E-state index < -0.39 is 51.8 Å². The number of ether oxygens (including phenoxy) is 2. The zero-order chi connectivity index (χ0) is 37.7. The molecule has 304 valence electrons. The standard InChI is InChI=1S/C40H79O10P/c1-3-5-7-9-11-13-14-15-16-17-18-19-20-21-22-23-24-26-27-29-31-39(43)47-35-38(36-49-51(45,46)48-34-37(42)33-41)50-40(44)32-30-28-25-12-10-8-6-4-2/h37-38,41-42H,3-36H2,1-2H3,(H,45,46)/t37-,38-/m1/s1. The Balaban J connectivity index is 4.11. The monoisotopic (exact) mass is 751 g/mol. The Morgan fingerprint density at radius 1 is 0.510 bits per heavy atom. The predicted octanol–water partition coefficient (Wildman–Crippen LogP) is 10.7. The summed E-state index contributed by atoms with van der Waals surface area (Å²) in [4.78, 5) is 34.8. The molecule has 3 N–H and O–H groups in total. The average Bonchev–Trinajstić information content (AvgIpc) is 3.12. The number of unbranched alkanes of at least 4 members (excludes halogenated alkanes) is 26. The lowest BCUT2D eigenvalue weighted by molar-refractivity contribution is -0.161. The van der Waals surface area contributed by atoms with Crippen LogP contribution in [0.5, 0.6) is 0 Å². The van der Waals surface area contributed by atoms with Crippen LogP contribution in [0.25, 0.3) is 0 Å². The third-order valence-electron chi connectivity index (χ3n) is 9.26. The number of carbonyl (C=O) groups is 2. The number of esters is 2. The van der Waals surface area contributed by atoms with Crippen LogP contribution in [0.15, 0.2) is 0 Å². The quantitative estimate of drug-likeness (QED) is 0.0314. The minimum Gasteiger partial charge on any atom is -0.462 e. The Bertz CT molecular complexity index is 827. The molecule has 0 aliphatic carbocycles. The van der Waals surface area contributed by atoms with Gasteiger partial charge in [0, 0.05) is 12.8 Å². The molecular weight excluding hydrogens is 671 g/mol. The van der Waals surface area contributed by atoms with Crippen LogP contribution in [0.2, 0.25) is 0 Å². The highest BCUT2D eigenvalue weighted by atomic mass is 31.2. The topological polar surface area (TPSA) is 149 Å². The second kappa shape index (κ2) is 37.3. The molecule has 0 saturated heterocycles. The molecule has 1 unspecified atom stereocenters. The number of hydrogen-bond donors (Lipinski definition) is 3. The number of hydrogen-bond acceptors (Lipinski definition) is 9. The largest absolute Gasteiger partial charge is 0.472 e. The van der Waals surface area contributed by atoms with Crippen molar-refractivity contribution in [3.8, 4) is 0 Å². The minimum atomic E-state index is -4.60. The lowest BCUT2D eigenvalue weighted by Crippen LogP contribution is -2.29. The van der Waals surface area contributed by atoms with Crippen molar-refractivity contribution in [1.82, 2.24) is 0 Å². The molecule has 51 heavy (non-hydrogen) atoms. The normalized spacial score (nSPS) is 13.9. The van der Waals surface area contributed by atoms with Gasteiger partial charge in [0.05, 0.1) is 19.8 Å². The van der Waals surface area contributed by atoms with E-state index in [0.717, 1.165) is 32.1 Å². The van der Waals surface area contributed by atoms with Gasteiger partial charge in [0.25, 0.3) is 0 Å². The summed E-state index contributed by atoms with van der Waals surface area (Å²) < 4.78 is 32.6. The molecule has 0 aliphatic heterocycles. The highest BCUT2D eigenvalue weighted by Crippen LogP contribution is 2.43. The molecule has 0 fully saturated rings. The van der Waals surface area contributed by atoms with Crippen LogP contribution in [0.3, 0.4) is 0 Å². The molecule has 0 saturated carbocycles. The summed E-state index contributed by atoms with van der Waals surface area (Å²) in [7, 11) is -4.60. The van der Waals surface area contributed by atoms with Crippen molar-refractivity contribution in [2.45, 2.75) is 219 Å². The first-order chi connectivity index (χ1) is 24.7. The summed E-state index contributed by atoms with van der Waals surface area (Å²) in [6.45, 7) is 2.37. The summed E-state index contributed by atoms with van der Waals surface area (Å²) >= 11 is 0. The minimum absolute atomic E-state index is 0.189. The molecule has 0 aromatic carbocycles. The van der Waals surface area contributed by atoms with E-state index in [9.17, 15) is 24.2 Å². The molecular formula is C40H79O10P. The van der Waals surface area contributed by atoms with Gasteiger partial charge in [0.2, 0.25) is 0 Å². The molecule has 0 aromatic heterocycles. The number of carbonyl (C=O) groups excluding carboxylic acids is 2. The Morgan fingerprint density at radius 2 is 0.843 bits per heavy atom. The second-order valence-corrected chi connectivity index (χ2v) is 15.8. The third kappa shape index (κ3) is 37.1. The van der Waals surface area contributed by atoms with Gasteiger partial charge >= 0.3 is 19.8 Å². The van der Waals surface area contributed by atoms with E-state index >= 15 is 0 Å². The van der Waals surface area contributed by atoms with E-state index in [-0.39, 0.29) is 19.4 Å². The van der Waals surface area contributed by atoms with Gasteiger partial charge in [-0.2, -0.15) is 0 Å². The first-order valence-corrected chi connectivity index (χ1v) is 22.5. The van der Waals surface area contributed by atoms with Crippen molar-refractivity contribution in [1.29, 1.82) is 0 Å². The lowest BCUT2D eigenvalue weighted by Gasteiger charge is -2.20.